The number of aliphatic hydroxyl groups is 6. The minimum Gasteiger partial charge on any atom is -0.481 e. The second-order valence-electron chi connectivity index (χ2n) is 7.66. The summed E-state index contributed by atoms with van der Waals surface area (Å²) in [6, 6.07) is -5.49. The molecule has 0 aromatic carbocycles. The fourth-order valence-electron chi connectivity index (χ4n) is 3.48. The minimum atomic E-state index is -3.39. The molecular formula is C17H28N4O13. The van der Waals surface area contributed by atoms with Gasteiger partial charge in [0, 0.05) is 7.05 Å². The summed E-state index contributed by atoms with van der Waals surface area (Å²) in [5.41, 5.74) is 2.23. The van der Waals surface area contributed by atoms with E-state index in [9.17, 15) is 60.0 Å². The van der Waals surface area contributed by atoms with Gasteiger partial charge in [-0.25, -0.2) is 14.6 Å². The molecule has 1 heterocycles. The van der Waals surface area contributed by atoms with Crippen molar-refractivity contribution in [3.05, 3.63) is 0 Å². The van der Waals surface area contributed by atoms with Crippen molar-refractivity contribution in [2.75, 3.05) is 26.8 Å². The first-order chi connectivity index (χ1) is 15.6. The van der Waals surface area contributed by atoms with Crippen molar-refractivity contribution in [2.45, 2.75) is 48.5 Å². The first kappa shape index (κ1) is 28.9. The third-order valence-electron chi connectivity index (χ3n) is 5.37. The number of aliphatic imine (C=N–C) groups is 1. The fourth-order valence-corrected chi connectivity index (χ4v) is 3.48. The van der Waals surface area contributed by atoms with Crippen LogP contribution in [0, 0.1) is 0 Å². The maximum atomic E-state index is 12.8. The molecule has 0 aromatic rings. The molecule has 1 rings (SSSR count). The zero-order valence-electron chi connectivity index (χ0n) is 17.9. The number of rotatable bonds is 10. The fraction of sp³-hybridized carbons (Fsp3) is 0.706. The Balaban J connectivity index is 3.23. The summed E-state index contributed by atoms with van der Waals surface area (Å²) in [4.78, 5) is 51.5. The average molecular weight is 496 g/mol. The van der Waals surface area contributed by atoms with Crippen LogP contribution in [0.1, 0.15) is 6.42 Å². The van der Waals surface area contributed by atoms with Crippen molar-refractivity contribution in [2.24, 2.45) is 10.7 Å². The number of hydrogen-bond donors (Lipinski definition) is 10. The standard InChI is InChI=1S/C17H28N4O13/c1-20(16(18)19-13(14(30)31)17(34,15(32)33)2-9(25)26)3-8(24)21-6(4-22)10(27)12(29)11(28)7(21)5-23/h6-7,10-13,22-23,27-29,34H,2-5H2,1H3,(H2,18,19)(H,25,26)(H,30,31)(H,32,33). The van der Waals surface area contributed by atoms with Gasteiger partial charge in [0.2, 0.25) is 11.5 Å². The van der Waals surface area contributed by atoms with Gasteiger partial charge >= 0.3 is 17.9 Å². The van der Waals surface area contributed by atoms with Crippen LogP contribution >= 0.6 is 0 Å². The van der Waals surface area contributed by atoms with Gasteiger partial charge in [0.1, 0.15) is 18.3 Å². The van der Waals surface area contributed by atoms with E-state index in [1.165, 1.54) is 0 Å². The number of aliphatic hydroxyl groups excluding tert-OH is 5. The summed E-state index contributed by atoms with van der Waals surface area (Å²) < 4.78 is 0. The monoisotopic (exact) mass is 496 g/mol. The van der Waals surface area contributed by atoms with E-state index in [1.807, 2.05) is 0 Å². The average Bonchev–Trinajstić information content (AvgIpc) is 2.74. The second kappa shape index (κ2) is 11.4. The second-order valence-corrected chi connectivity index (χ2v) is 7.66. The highest BCUT2D eigenvalue weighted by atomic mass is 16.4. The number of aliphatic carboxylic acids is 3. The Morgan fingerprint density at radius 1 is 1.00 bits per heavy atom. The molecule has 0 aliphatic carbocycles. The smallest absolute Gasteiger partial charge is 0.339 e. The molecule has 17 nitrogen and oxygen atoms in total. The summed E-state index contributed by atoms with van der Waals surface area (Å²) in [7, 11) is 1.08. The van der Waals surface area contributed by atoms with Gasteiger partial charge in [-0.15, -0.1) is 0 Å². The molecule has 0 aromatic heterocycles. The Morgan fingerprint density at radius 2 is 1.47 bits per heavy atom. The van der Waals surface area contributed by atoms with Gasteiger partial charge < -0.3 is 61.5 Å². The number of likely N-dealkylation sites (N-methyl/N-ethyl adjacent to an activating group) is 1. The molecule has 34 heavy (non-hydrogen) atoms. The van der Waals surface area contributed by atoms with Crippen molar-refractivity contribution in [1.82, 2.24) is 9.80 Å². The van der Waals surface area contributed by atoms with Crippen LogP contribution in [0.3, 0.4) is 0 Å². The summed E-state index contributed by atoms with van der Waals surface area (Å²) in [6.07, 6.45) is -6.91. The van der Waals surface area contributed by atoms with E-state index in [0.29, 0.717) is 4.90 Å². The molecule has 1 aliphatic rings. The van der Waals surface area contributed by atoms with Crippen LogP contribution in [0.25, 0.3) is 0 Å². The van der Waals surface area contributed by atoms with E-state index >= 15 is 0 Å². The van der Waals surface area contributed by atoms with Gasteiger partial charge in [0.05, 0.1) is 38.3 Å². The molecule has 0 radical (unpaired) electrons. The number of guanidine groups is 1. The van der Waals surface area contributed by atoms with E-state index in [2.05, 4.69) is 4.99 Å². The lowest BCUT2D eigenvalue weighted by Crippen LogP contribution is -2.70. The number of carbonyl (C=O) groups excluding carboxylic acids is 1. The predicted molar refractivity (Wildman–Crippen MR) is 107 cm³/mol. The Morgan fingerprint density at radius 3 is 1.82 bits per heavy atom. The molecule has 17 heteroatoms. The molecule has 1 aliphatic heterocycles. The summed E-state index contributed by atoms with van der Waals surface area (Å²) >= 11 is 0. The number of nitrogens with two attached hydrogens (primary N) is 1. The number of nitrogens with zero attached hydrogens (tertiary/aromatic N) is 3. The number of carboxylic acid groups (broad SMARTS) is 3. The van der Waals surface area contributed by atoms with Crippen LogP contribution in [-0.2, 0) is 19.2 Å². The minimum absolute atomic E-state index is 0.707. The van der Waals surface area contributed by atoms with Crippen LogP contribution in [0.5, 0.6) is 0 Å². The van der Waals surface area contributed by atoms with Gasteiger partial charge in [-0.2, -0.15) is 0 Å². The lowest BCUT2D eigenvalue weighted by Gasteiger charge is -2.48. The number of carboxylic acids is 3. The van der Waals surface area contributed by atoms with Crippen LogP contribution in [0.2, 0.25) is 0 Å². The lowest BCUT2D eigenvalue weighted by molar-refractivity contribution is -0.187. The highest BCUT2D eigenvalue weighted by Crippen LogP contribution is 2.25. The molecule has 1 saturated heterocycles. The highest BCUT2D eigenvalue weighted by Gasteiger charge is 2.51. The number of amides is 1. The van der Waals surface area contributed by atoms with Crippen molar-refractivity contribution < 1.29 is 65.1 Å². The van der Waals surface area contributed by atoms with Crippen LogP contribution < -0.4 is 5.73 Å². The molecule has 194 valence electrons. The van der Waals surface area contributed by atoms with Crippen LogP contribution in [0.15, 0.2) is 4.99 Å². The SMILES string of the molecule is CN(CC(=O)N1C(CO)C(O)C(O)C(O)C1CO)C(N)=NC(C(=O)O)C(O)(CC(=O)O)C(=O)O. The van der Waals surface area contributed by atoms with Gasteiger partial charge in [-0.3, -0.25) is 9.59 Å². The highest BCUT2D eigenvalue weighted by molar-refractivity contribution is 5.94. The molecule has 11 N–H and O–H groups in total. The first-order valence-electron chi connectivity index (χ1n) is 9.65. The first-order valence-corrected chi connectivity index (χ1v) is 9.65. The maximum Gasteiger partial charge on any atom is 0.339 e. The Labute approximate surface area is 191 Å². The Kier molecular flexibility index (Phi) is 9.67. The zero-order chi connectivity index (χ0) is 26.5. The van der Waals surface area contributed by atoms with Gasteiger partial charge in [-0.1, -0.05) is 0 Å². The number of carbonyl (C=O) groups is 4. The van der Waals surface area contributed by atoms with E-state index in [4.69, 9.17) is 10.8 Å². The van der Waals surface area contributed by atoms with Crippen molar-refractivity contribution >= 4 is 29.8 Å². The third kappa shape index (κ3) is 5.88. The molecule has 6 atom stereocenters. The zero-order valence-corrected chi connectivity index (χ0v) is 17.9. The topological polar surface area (TPSA) is 295 Å². The molecule has 0 spiro atoms. The van der Waals surface area contributed by atoms with E-state index in [-0.39, 0.29) is 0 Å². The van der Waals surface area contributed by atoms with Crippen molar-refractivity contribution in [3.8, 4) is 0 Å². The summed E-state index contributed by atoms with van der Waals surface area (Å²) in [6.45, 7) is -2.53. The number of likely N-dealkylation sites (tertiary alicyclic amines) is 1. The van der Waals surface area contributed by atoms with Gasteiger partial charge in [0.15, 0.2) is 12.0 Å². The molecule has 6 unspecified atom stereocenters. The molecule has 1 amide bonds. The van der Waals surface area contributed by atoms with E-state index in [0.717, 1.165) is 11.9 Å². The Bertz CT molecular complexity index is 805. The van der Waals surface area contributed by atoms with Crippen LogP contribution in [-0.4, -0.2) is 154 Å². The van der Waals surface area contributed by atoms with Gasteiger partial charge in [0.25, 0.3) is 0 Å². The van der Waals surface area contributed by atoms with E-state index < -0.39 is 98.0 Å². The molecule has 0 bridgehead atoms. The normalized spacial score (nSPS) is 28.0. The number of piperidine rings is 1. The predicted octanol–water partition coefficient (Wildman–Crippen LogP) is -6.38. The molecular weight excluding hydrogens is 468 g/mol. The van der Waals surface area contributed by atoms with Crippen molar-refractivity contribution in [1.29, 1.82) is 0 Å². The Hall–Kier alpha value is -3.09. The maximum absolute atomic E-state index is 12.8. The number of hydrogen-bond acceptors (Lipinski definition) is 11. The molecule has 0 saturated carbocycles. The largest absolute Gasteiger partial charge is 0.481 e. The van der Waals surface area contributed by atoms with Gasteiger partial charge in [-0.05, 0) is 0 Å². The quantitative estimate of drug-likeness (QED) is 0.0993. The summed E-state index contributed by atoms with van der Waals surface area (Å²) in [5, 5.41) is 86.6. The van der Waals surface area contributed by atoms with Crippen molar-refractivity contribution in [3.63, 3.8) is 0 Å². The van der Waals surface area contributed by atoms with E-state index in [1.54, 1.807) is 0 Å². The third-order valence-corrected chi connectivity index (χ3v) is 5.37. The lowest BCUT2D eigenvalue weighted by atomic mass is 9.88. The summed E-state index contributed by atoms with van der Waals surface area (Å²) in [5.74, 6) is -7.89. The van der Waals surface area contributed by atoms with Crippen LogP contribution in [0.4, 0.5) is 0 Å². The molecule has 1 fully saturated rings.